The Labute approximate surface area is 182 Å². The number of halogens is 2. The number of nitrogens with one attached hydrogen (secondary N) is 2. The molecule has 1 heterocycles. The zero-order chi connectivity index (χ0) is 20.9. The second-order valence-electron chi connectivity index (χ2n) is 6.94. The van der Waals surface area contributed by atoms with E-state index in [2.05, 4.69) is 44.4 Å². The van der Waals surface area contributed by atoms with Crippen LogP contribution in [0.15, 0.2) is 83.5 Å². The summed E-state index contributed by atoms with van der Waals surface area (Å²) >= 11 is 3.48. The van der Waals surface area contributed by atoms with E-state index in [0.717, 1.165) is 26.5 Å². The summed E-state index contributed by atoms with van der Waals surface area (Å²) < 4.78 is 19.4. The van der Waals surface area contributed by atoms with Crippen LogP contribution in [0.1, 0.15) is 17.0 Å². The molecule has 0 fully saturated rings. The van der Waals surface area contributed by atoms with Crippen LogP contribution < -0.4 is 10.1 Å². The fourth-order valence-corrected chi connectivity index (χ4v) is 3.70. The lowest BCUT2D eigenvalue weighted by Crippen LogP contribution is -2.32. The summed E-state index contributed by atoms with van der Waals surface area (Å²) in [5.74, 6) is -0.152. The molecule has 0 spiro atoms. The van der Waals surface area contributed by atoms with Gasteiger partial charge in [-0.2, -0.15) is 0 Å². The quantitative estimate of drug-likeness (QED) is 0.383. The lowest BCUT2D eigenvalue weighted by atomic mass is 9.91. The molecule has 1 amide bonds. The molecule has 4 aromatic rings. The second-order valence-corrected chi connectivity index (χ2v) is 7.86. The SMILES string of the molecule is O=C(COc1ccc(F)cc1)NC[C@@H](c1ccc(Br)cc1)c1c[nH]c2ccccc12. The lowest BCUT2D eigenvalue weighted by molar-refractivity contribution is -0.123. The average molecular weight is 467 g/mol. The number of hydrogen-bond acceptors (Lipinski definition) is 2. The summed E-state index contributed by atoms with van der Waals surface area (Å²) in [6, 6.07) is 21.8. The van der Waals surface area contributed by atoms with E-state index in [1.165, 1.54) is 24.3 Å². The number of aromatic nitrogens is 1. The molecule has 1 aromatic heterocycles. The van der Waals surface area contributed by atoms with Crippen molar-refractivity contribution < 1.29 is 13.9 Å². The van der Waals surface area contributed by atoms with Crippen molar-refractivity contribution in [2.75, 3.05) is 13.2 Å². The zero-order valence-electron chi connectivity index (χ0n) is 16.1. The molecule has 0 aliphatic rings. The van der Waals surface area contributed by atoms with Crippen molar-refractivity contribution in [2.45, 2.75) is 5.92 Å². The molecular weight excluding hydrogens is 447 g/mol. The van der Waals surface area contributed by atoms with Gasteiger partial charge in [0.1, 0.15) is 11.6 Å². The van der Waals surface area contributed by atoms with E-state index in [-0.39, 0.29) is 24.2 Å². The largest absolute Gasteiger partial charge is 0.484 e. The first-order valence-corrected chi connectivity index (χ1v) is 10.4. The Morgan fingerprint density at radius 3 is 2.53 bits per heavy atom. The van der Waals surface area contributed by atoms with E-state index in [1.54, 1.807) is 0 Å². The number of carbonyl (C=O) groups excluding carboxylic acids is 1. The number of carbonyl (C=O) groups is 1. The van der Waals surface area contributed by atoms with Crippen LogP contribution in [-0.4, -0.2) is 24.0 Å². The van der Waals surface area contributed by atoms with Crippen molar-refractivity contribution >= 4 is 32.7 Å². The van der Waals surface area contributed by atoms with Gasteiger partial charge in [0.25, 0.3) is 5.91 Å². The Balaban J connectivity index is 1.49. The number of hydrogen-bond donors (Lipinski definition) is 2. The molecule has 4 nitrogen and oxygen atoms in total. The highest BCUT2D eigenvalue weighted by Gasteiger charge is 2.19. The summed E-state index contributed by atoms with van der Waals surface area (Å²) in [6.07, 6.45) is 2.00. The maximum atomic E-state index is 13.0. The fourth-order valence-electron chi connectivity index (χ4n) is 3.43. The Hall–Kier alpha value is -3.12. The minimum Gasteiger partial charge on any atom is -0.484 e. The van der Waals surface area contributed by atoms with Crippen LogP contribution in [-0.2, 0) is 4.79 Å². The summed E-state index contributed by atoms with van der Waals surface area (Å²) in [5.41, 5.74) is 3.27. The molecule has 0 saturated heterocycles. The molecule has 0 saturated carbocycles. The number of rotatable bonds is 7. The number of aromatic amines is 1. The van der Waals surface area contributed by atoms with Gasteiger partial charge in [-0.15, -0.1) is 0 Å². The highest BCUT2D eigenvalue weighted by Crippen LogP contribution is 2.31. The highest BCUT2D eigenvalue weighted by atomic mass is 79.9. The van der Waals surface area contributed by atoms with Gasteiger partial charge in [0.05, 0.1) is 0 Å². The van der Waals surface area contributed by atoms with E-state index >= 15 is 0 Å². The third-order valence-electron chi connectivity index (χ3n) is 4.96. The Morgan fingerprint density at radius 1 is 1.03 bits per heavy atom. The first-order chi connectivity index (χ1) is 14.6. The molecule has 6 heteroatoms. The first-order valence-electron chi connectivity index (χ1n) is 9.57. The van der Waals surface area contributed by atoms with Gasteiger partial charge in [0, 0.05) is 34.0 Å². The van der Waals surface area contributed by atoms with Crippen molar-refractivity contribution in [3.8, 4) is 5.75 Å². The number of fused-ring (bicyclic) bond motifs is 1. The van der Waals surface area contributed by atoms with Crippen LogP contribution in [0.3, 0.4) is 0 Å². The molecule has 0 radical (unpaired) electrons. The van der Waals surface area contributed by atoms with Crippen molar-refractivity contribution in [3.63, 3.8) is 0 Å². The smallest absolute Gasteiger partial charge is 0.257 e. The molecule has 0 unspecified atom stereocenters. The average Bonchev–Trinajstić information content (AvgIpc) is 3.19. The molecule has 0 bridgehead atoms. The van der Waals surface area contributed by atoms with E-state index < -0.39 is 0 Å². The molecule has 30 heavy (non-hydrogen) atoms. The van der Waals surface area contributed by atoms with E-state index in [4.69, 9.17) is 4.74 Å². The predicted molar refractivity (Wildman–Crippen MR) is 119 cm³/mol. The second kappa shape index (κ2) is 9.13. The molecule has 2 N–H and O–H groups in total. The summed E-state index contributed by atoms with van der Waals surface area (Å²) in [4.78, 5) is 15.7. The number of benzene rings is 3. The van der Waals surface area contributed by atoms with Gasteiger partial charge in [-0.1, -0.05) is 46.3 Å². The van der Waals surface area contributed by atoms with Gasteiger partial charge in [0.15, 0.2) is 6.61 Å². The summed E-state index contributed by atoms with van der Waals surface area (Å²) in [5, 5.41) is 4.09. The summed E-state index contributed by atoms with van der Waals surface area (Å²) in [7, 11) is 0. The molecule has 1 atom stereocenters. The molecule has 0 aliphatic carbocycles. The molecule has 152 valence electrons. The fraction of sp³-hybridized carbons (Fsp3) is 0.125. The van der Waals surface area contributed by atoms with Crippen LogP contribution in [0, 0.1) is 5.82 Å². The van der Waals surface area contributed by atoms with Crippen LogP contribution in [0.2, 0.25) is 0 Å². The van der Waals surface area contributed by atoms with Gasteiger partial charge in [-0.25, -0.2) is 4.39 Å². The van der Waals surface area contributed by atoms with Crippen molar-refractivity contribution in [1.29, 1.82) is 0 Å². The minimum absolute atomic E-state index is 0.0241. The standard InChI is InChI=1S/C24H20BrFN2O2/c25-17-7-5-16(6-8-17)21(22-14-27-23-4-2-1-3-20(22)23)13-28-24(29)15-30-19-11-9-18(26)10-12-19/h1-12,14,21,27H,13,15H2,(H,28,29)/t21-/m0/s1. The number of amides is 1. The van der Waals surface area contributed by atoms with Crippen molar-refractivity contribution in [2.24, 2.45) is 0 Å². The maximum Gasteiger partial charge on any atom is 0.257 e. The van der Waals surface area contributed by atoms with Crippen LogP contribution >= 0.6 is 15.9 Å². The maximum absolute atomic E-state index is 13.0. The number of H-pyrrole nitrogens is 1. The van der Waals surface area contributed by atoms with Gasteiger partial charge in [-0.3, -0.25) is 4.79 Å². The third kappa shape index (κ3) is 4.71. The van der Waals surface area contributed by atoms with E-state index in [1.807, 2.05) is 36.5 Å². The van der Waals surface area contributed by atoms with Gasteiger partial charge in [0.2, 0.25) is 0 Å². The zero-order valence-corrected chi connectivity index (χ0v) is 17.7. The molecule has 4 rings (SSSR count). The van der Waals surface area contributed by atoms with Crippen molar-refractivity contribution in [1.82, 2.24) is 10.3 Å². The van der Waals surface area contributed by atoms with E-state index in [0.29, 0.717) is 12.3 Å². The predicted octanol–water partition coefficient (Wildman–Crippen LogP) is 5.40. The van der Waals surface area contributed by atoms with Crippen LogP contribution in [0.5, 0.6) is 5.75 Å². The Morgan fingerprint density at radius 2 is 1.77 bits per heavy atom. The van der Waals surface area contributed by atoms with Crippen LogP contribution in [0.25, 0.3) is 10.9 Å². The van der Waals surface area contributed by atoms with Crippen LogP contribution in [0.4, 0.5) is 4.39 Å². The van der Waals surface area contributed by atoms with Gasteiger partial charge >= 0.3 is 0 Å². The first kappa shape index (κ1) is 20.2. The Bertz CT molecular complexity index is 1140. The third-order valence-corrected chi connectivity index (χ3v) is 5.48. The number of ether oxygens (including phenoxy) is 1. The Kier molecular flexibility index (Phi) is 6.14. The van der Waals surface area contributed by atoms with Gasteiger partial charge in [-0.05, 0) is 53.6 Å². The lowest BCUT2D eigenvalue weighted by Gasteiger charge is -2.18. The molecule has 0 aliphatic heterocycles. The highest BCUT2D eigenvalue weighted by molar-refractivity contribution is 9.10. The topological polar surface area (TPSA) is 54.1 Å². The van der Waals surface area contributed by atoms with Crippen molar-refractivity contribution in [3.05, 3.63) is 100 Å². The van der Waals surface area contributed by atoms with E-state index in [9.17, 15) is 9.18 Å². The normalized spacial score (nSPS) is 11.9. The number of para-hydroxylation sites is 1. The molecular formula is C24H20BrFN2O2. The summed E-state index contributed by atoms with van der Waals surface area (Å²) in [6.45, 7) is 0.293. The minimum atomic E-state index is -0.345. The van der Waals surface area contributed by atoms with Gasteiger partial charge < -0.3 is 15.0 Å². The monoisotopic (exact) mass is 466 g/mol. The molecule has 3 aromatic carbocycles.